The largest absolute Gasteiger partial charge is 0.293 e. The molecule has 2 unspecified atom stereocenters. The van der Waals surface area contributed by atoms with Crippen molar-refractivity contribution >= 4 is 16.7 Å². The number of benzene rings is 2. The molecule has 0 N–H and O–H groups in total. The van der Waals surface area contributed by atoms with Gasteiger partial charge in [0, 0.05) is 39.6 Å². The van der Waals surface area contributed by atoms with Gasteiger partial charge in [0.2, 0.25) is 0 Å². The Hall–Kier alpha value is -4.24. The Labute approximate surface area is 214 Å². The van der Waals surface area contributed by atoms with E-state index in [1.807, 2.05) is 45.0 Å². The van der Waals surface area contributed by atoms with E-state index in [2.05, 4.69) is 11.1 Å². The minimum Gasteiger partial charge on any atom is -0.293 e. The molecule has 0 aliphatic heterocycles. The zero-order valence-electron chi connectivity index (χ0n) is 20.9. The number of nitrogens with zero attached hydrogens (tertiary/aromatic N) is 4. The molecule has 182 valence electrons. The lowest BCUT2D eigenvalue weighted by Crippen LogP contribution is -2.46. The standard InChI is InChI=1S/C31H25FN4O/c1-17-7-6-9-20-21(13-14-34-26(17)20)30-35-27(22-8-4-5-10-25(22)32)23-11-12-24-18(2)28(37)19(16-33)15-31(24,3)29(23)36-30/h4-10,13-15,18,24H,11-12H2,1-3H3/t18?,24?,31-/m1/s1. The summed E-state index contributed by atoms with van der Waals surface area (Å²) in [6, 6.07) is 16.6. The van der Waals surface area contributed by atoms with E-state index in [4.69, 9.17) is 9.97 Å². The van der Waals surface area contributed by atoms with Crippen LogP contribution < -0.4 is 0 Å². The molecule has 0 saturated heterocycles. The number of aromatic nitrogens is 3. The van der Waals surface area contributed by atoms with Crippen molar-refractivity contribution in [3.63, 3.8) is 0 Å². The van der Waals surface area contributed by atoms with Crippen molar-refractivity contribution in [3.05, 3.63) is 89.0 Å². The molecular weight excluding hydrogens is 463 g/mol. The minimum absolute atomic E-state index is 0.0164. The van der Waals surface area contributed by atoms with Gasteiger partial charge in [0.05, 0.1) is 22.5 Å². The molecule has 0 radical (unpaired) electrons. The molecule has 0 spiro atoms. The molecule has 0 amide bonds. The predicted molar refractivity (Wildman–Crippen MR) is 140 cm³/mol. The monoisotopic (exact) mass is 488 g/mol. The highest BCUT2D eigenvalue weighted by Crippen LogP contribution is 2.51. The lowest BCUT2D eigenvalue weighted by molar-refractivity contribution is -0.121. The Bertz CT molecular complexity index is 1680. The van der Waals surface area contributed by atoms with Gasteiger partial charge in [0.25, 0.3) is 0 Å². The molecule has 2 aliphatic rings. The number of para-hydroxylation sites is 1. The molecule has 6 heteroatoms. The number of fused-ring (bicyclic) bond motifs is 4. The van der Waals surface area contributed by atoms with Crippen molar-refractivity contribution in [2.24, 2.45) is 11.8 Å². The number of ketones is 1. The second kappa shape index (κ2) is 8.41. The van der Waals surface area contributed by atoms with Gasteiger partial charge < -0.3 is 0 Å². The topological polar surface area (TPSA) is 79.5 Å². The SMILES string of the molecule is Cc1cccc2c(-c3nc(-c4ccccc4F)c4c(n3)[C@]3(C)C=C(C#N)C(=O)C(C)C3CC4)ccnc12. The molecule has 2 heterocycles. The number of nitriles is 1. The predicted octanol–water partition coefficient (Wildman–Crippen LogP) is 6.30. The van der Waals surface area contributed by atoms with Gasteiger partial charge in [-0.1, -0.05) is 50.3 Å². The van der Waals surface area contributed by atoms with Gasteiger partial charge in [-0.3, -0.25) is 9.78 Å². The van der Waals surface area contributed by atoms with Crippen LogP contribution in [-0.4, -0.2) is 20.7 Å². The number of hydrogen-bond acceptors (Lipinski definition) is 5. The van der Waals surface area contributed by atoms with Crippen molar-refractivity contribution in [3.8, 4) is 28.7 Å². The number of Topliss-reactive ketones (excluding diaryl/α,β-unsaturated/α-hetero) is 1. The maximum absolute atomic E-state index is 15.2. The highest BCUT2D eigenvalue weighted by atomic mass is 19.1. The third-order valence-electron chi connectivity index (χ3n) is 8.18. The van der Waals surface area contributed by atoms with Crippen LogP contribution in [0.1, 0.15) is 37.1 Å². The van der Waals surface area contributed by atoms with Gasteiger partial charge in [-0.25, -0.2) is 14.4 Å². The van der Waals surface area contributed by atoms with E-state index in [0.717, 1.165) is 39.7 Å². The number of carbonyl (C=O) groups excluding carboxylic acids is 1. The Morgan fingerprint density at radius 3 is 2.68 bits per heavy atom. The van der Waals surface area contributed by atoms with Gasteiger partial charge in [-0.2, -0.15) is 5.26 Å². The summed E-state index contributed by atoms with van der Waals surface area (Å²) < 4.78 is 15.2. The quantitative estimate of drug-likeness (QED) is 0.331. The van der Waals surface area contributed by atoms with Crippen LogP contribution in [0.3, 0.4) is 0 Å². The fourth-order valence-corrected chi connectivity index (χ4v) is 6.29. The summed E-state index contributed by atoms with van der Waals surface area (Å²) in [7, 11) is 0. The Morgan fingerprint density at radius 2 is 1.89 bits per heavy atom. The Kier molecular flexibility index (Phi) is 5.27. The molecule has 37 heavy (non-hydrogen) atoms. The van der Waals surface area contributed by atoms with Gasteiger partial charge in [0.15, 0.2) is 11.6 Å². The third-order valence-corrected chi connectivity index (χ3v) is 8.18. The van der Waals surface area contributed by atoms with E-state index in [1.165, 1.54) is 6.07 Å². The lowest BCUT2D eigenvalue weighted by atomic mass is 9.57. The zero-order chi connectivity index (χ0) is 25.9. The summed E-state index contributed by atoms with van der Waals surface area (Å²) in [6.07, 6.45) is 4.89. The summed E-state index contributed by atoms with van der Waals surface area (Å²) in [4.78, 5) is 27.6. The van der Waals surface area contributed by atoms with Crippen molar-refractivity contribution in [2.45, 2.75) is 39.0 Å². The van der Waals surface area contributed by atoms with E-state index in [-0.39, 0.29) is 29.0 Å². The Balaban J connectivity index is 1.70. The van der Waals surface area contributed by atoms with Gasteiger partial charge >= 0.3 is 0 Å². The van der Waals surface area contributed by atoms with Gasteiger partial charge in [-0.05, 0) is 49.4 Å². The van der Waals surface area contributed by atoms with Crippen molar-refractivity contribution in [1.29, 1.82) is 5.26 Å². The molecule has 6 rings (SSSR count). The third kappa shape index (κ3) is 3.41. The molecular formula is C31H25FN4O. The van der Waals surface area contributed by atoms with Crippen LogP contribution >= 0.6 is 0 Å². The number of aryl methyl sites for hydroxylation is 1. The van der Waals surface area contributed by atoms with Crippen LogP contribution in [0.4, 0.5) is 4.39 Å². The average molecular weight is 489 g/mol. The first-order valence-corrected chi connectivity index (χ1v) is 12.5. The van der Waals surface area contributed by atoms with Crippen LogP contribution in [0.2, 0.25) is 0 Å². The van der Waals surface area contributed by atoms with E-state index < -0.39 is 5.41 Å². The van der Waals surface area contributed by atoms with Gasteiger partial charge in [-0.15, -0.1) is 0 Å². The molecule has 2 aliphatic carbocycles. The van der Waals surface area contributed by atoms with E-state index in [1.54, 1.807) is 30.5 Å². The number of rotatable bonds is 2. The fourth-order valence-electron chi connectivity index (χ4n) is 6.29. The second-order valence-corrected chi connectivity index (χ2v) is 10.3. The highest BCUT2D eigenvalue weighted by Gasteiger charge is 2.49. The molecule has 3 atom stereocenters. The molecule has 4 aromatic rings. The molecule has 0 bridgehead atoms. The van der Waals surface area contributed by atoms with Crippen LogP contribution in [0, 0.1) is 35.9 Å². The Morgan fingerprint density at radius 1 is 1.08 bits per heavy atom. The molecule has 0 saturated carbocycles. The van der Waals surface area contributed by atoms with Crippen molar-refractivity contribution < 1.29 is 9.18 Å². The number of halogens is 1. The van der Waals surface area contributed by atoms with Crippen molar-refractivity contribution in [2.75, 3.05) is 0 Å². The first-order valence-electron chi connectivity index (χ1n) is 12.5. The number of pyridine rings is 1. The first kappa shape index (κ1) is 23.2. The summed E-state index contributed by atoms with van der Waals surface area (Å²) in [5.74, 6) is -0.312. The zero-order valence-corrected chi connectivity index (χ0v) is 20.9. The van der Waals surface area contributed by atoms with Crippen LogP contribution in [0.25, 0.3) is 33.5 Å². The highest BCUT2D eigenvalue weighted by molar-refractivity contribution is 6.02. The normalized spacial score (nSPS) is 22.7. The summed E-state index contributed by atoms with van der Waals surface area (Å²) in [5.41, 5.74) is 4.83. The molecule has 5 nitrogen and oxygen atoms in total. The maximum atomic E-state index is 15.2. The smallest absolute Gasteiger partial charge is 0.176 e. The van der Waals surface area contributed by atoms with Gasteiger partial charge in [0.1, 0.15) is 11.9 Å². The van der Waals surface area contributed by atoms with Crippen molar-refractivity contribution in [1.82, 2.24) is 15.0 Å². The average Bonchev–Trinajstić information content (AvgIpc) is 2.90. The summed E-state index contributed by atoms with van der Waals surface area (Å²) in [6.45, 7) is 5.96. The minimum atomic E-state index is -0.664. The number of carbonyl (C=O) groups is 1. The summed E-state index contributed by atoms with van der Waals surface area (Å²) in [5, 5.41) is 10.7. The van der Waals surface area contributed by atoms with E-state index >= 15 is 4.39 Å². The fraction of sp³-hybridized carbons (Fsp3) is 0.258. The van der Waals surface area contributed by atoms with E-state index in [9.17, 15) is 10.1 Å². The second-order valence-electron chi connectivity index (χ2n) is 10.3. The van der Waals surface area contributed by atoms with Crippen LogP contribution in [0.5, 0.6) is 0 Å². The number of hydrogen-bond donors (Lipinski definition) is 0. The number of allylic oxidation sites excluding steroid dienone is 2. The van der Waals surface area contributed by atoms with E-state index in [0.29, 0.717) is 23.5 Å². The maximum Gasteiger partial charge on any atom is 0.176 e. The summed E-state index contributed by atoms with van der Waals surface area (Å²) >= 11 is 0. The first-order chi connectivity index (χ1) is 17.8. The molecule has 2 aromatic carbocycles. The molecule has 0 fully saturated rings. The van der Waals surface area contributed by atoms with Crippen LogP contribution in [0.15, 0.2) is 66.4 Å². The van der Waals surface area contributed by atoms with Crippen LogP contribution in [-0.2, 0) is 16.6 Å². The molecule has 2 aromatic heterocycles. The lowest BCUT2D eigenvalue weighted by Gasteiger charge is -2.45.